The summed E-state index contributed by atoms with van der Waals surface area (Å²) in [4.78, 5) is 21.6. The van der Waals surface area contributed by atoms with Gasteiger partial charge >= 0.3 is 0 Å². The second kappa shape index (κ2) is 9.36. The molecule has 180 valence electrons. The van der Waals surface area contributed by atoms with Crippen LogP contribution >= 0.6 is 0 Å². The molecule has 0 amide bonds. The molecule has 0 bridgehead atoms. The lowest BCUT2D eigenvalue weighted by molar-refractivity contribution is 0.0790. The lowest BCUT2D eigenvalue weighted by atomic mass is 10.00. The predicted molar refractivity (Wildman–Crippen MR) is 135 cm³/mol. The number of aromatic amines is 1. The summed E-state index contributed by atoms with van der Waals surface area (Å²) in [5.74, 6) is 0.719. The summed E-state index contributed by atoms with van der Waals surface area (Å²) >= 11 is 0. The topological polar surface area (TPSA) is 82.9 Å². The van der Waals surface area contributed by atoms with Crippen LogP contribution in [0.1, 0.15) is 48.3 Å². The Morgan fingerprint density at radius 3 is 2.80 bits per heavy atom. The van der Waals surface area contributed by atoms with Crippen LogP contribution < -0.4 is 5.56 Å². The molecule has 4 aromatic rings. The third kappa shape index (κ3) is 4.28. The lowest BCUT2D eigenvalue weighted by Gasteiger charge is -2.41. The van der Waals surface area contributed by atoms with Gasteiger partial charge < -0.3 is 4.98 Å². The molecule has 0 spiro atoms. The fourth-order valence-electron chi connectivity index (χ4n) is 5.72. The molecular formula is C27H31N7O. The second-order valence-electron chi connectivity index (χ2n) is 9.74. The highest BCUT2D eigenvalue weighted by Gasteiger charge is 2.37. The number of nitrogens with one attached hydrogen (secondary N) is 1. The minimum atomic E-state index is -0.310. The molecule has 8 nitrogen and oxygen atoms in total. The minimum absolute atomic E-state index is 0.0742. The van der Waals surface area contributed by atoms with Crippen molar-refractivity contribution in [1.29, 1.82) is 0 Å². The van der Waals surface area contributed by atoms with E-state index in [1.165, 1.54) is 24.9 Å². The highest BCUT2D eigenvalue weighted by atomic mass is 16.1. The molecular weight excluding hydrogens is 438 g/mol. The quantitative estimate of drug-likeness (QED) is 0.468. The number of aryl methyl sites for hydroxylation is 1. The first-order valence-electron chi connectivity index (χ1n) is 12.6. The van der Waals surface area contributed by atoms with Gasteiger partial charge in [0.2, 0.25) is 0 Å². The molecule has 2 aromatic heterocycles. The molecule has 0 saturated carbocycles. The maximum absolute atomic E-state index is 13.5. The van der Waals surface area contributed by atoms with Gasteiger partial charge in [-0.2, -0.15) is 0 Å². The number of piperazine rings is 1. The van der Waals surface area contributed by atoms with E-state index in [0.717, 1.165) is 48.3 Å². The number of nitrogens with zero attached hydrogens (tertiary/aromatic N) is 6. The standard InChI is InChI=1S/C27H31N7O/c1-2-19-10-11-24-21(15-19)16-23(27(35)28-24)25(33-14-13-32-12-6-9-22(32)18-33)26-29-30-31-34(26)17-20-7-4-3-5-8-20/h3-5,7-8,10-11,15-16,22,25H,2,6,9,12-14,17-18H2,1H3,(H,28,35)/t22-,25+/m1/s1. The molecule has 2 aromatic carbocycles. The van der Waals surface area contributed by atoms with Crippen molar-refractivity contribution in [2.75, 3.05) is 26.2 Å². The molecule has 35 heavy (non-hydrogen) atoms. The van der Waals surface area contributed by atoms with Crippen LogP contribution in [0.3, 0.4) is 0 Å². The Hall–Kier alpha value is -3.36. The van der Waals surface area contributed by atoms with Gasteiger partial charge in [-0.3, -0.25) is 14.6 Å². The molecule has 0 radical (unpaired) electrons. The molecule has 2 saturated heterocycles. The summed E-state index contributed by atoms with van der Waals surface area (Å²) in [5.41, 5.74) is 3.87. The first kappa shape index (κ1) is 22.1. The molecule has 2 aliphatic heterocycles. The molecule has 2 atom stereocenters. The van der Waals surface area contributed by atoms with Gasteiger partial charge in [0.1, 0.15) is 6.04 Å². The van der Waals surface area contributed by atoms with Crippen LogP contribution in [0, 0.1) is 0 Å². The van der Waals surface area contributed by atoms with Crippen LogP contribution in [-0.2, 0) is 13.0 Å². The summed E-state index contributed by atoms with van der Waals surface area (Å²) in [6, 6.07) is 18.7. The van der Waals surface area contributed by atoms with E-state index < -0.39 is 0 Å². The zero-order chi connectivity index (χ0) is 23.8. The first-order valence-corrected chi connectivity index (χ1v) is 12.6. The van der Waals surface area contributed by atoms with Crippen LogP contribution in [0.15, 0.2) is 59.4 Å². The average molecular weight is 470 g/mol. The van der Waals surface area contributed by atoms with Gasteiger partial charge in [-0.1, -0.05) is 43.3 Å². The Labute approximate surface area is 204 Å². The monoisotopic (exact) mass is 469 g/mol. The lowest BCUT2D eigenvalue weighted by Crippen LogP contribution is -2.52. The van der Waals surface area contributed by atoms with Gasteiger partial charge in [0, 0.05) is 36.8 Å². The zero-order valence-electron chi connectivity index (χ0n) is 20.1. The van der Waals surface area contributed by atoms with Crippen molar-refractivity contribution < 1.29 is 0 Å². The molecule has 0 aliphatic carbocycles. The molecule has 0 unspecified atom stereocenters. The summed E-state index contributed by atoms with van der Waals surface area (Å²) in [6.07, 6.45) is 3.39. The number of aromatic nitrogens is 5. The number of benzene rings is 2. The third-order valence-electron chi connectivity index (χ3n) is 7.60. The van der Waals surface area contributed by atoms with Gasteiger partial charge in [0.15, 0.2) is 5.82 Å². The van der Waals surface area contributed by atoms with E-state index in [1.807, 2.05) is 28.9 Å². The van der Waals surface area contributed by atoms with Gasteiger partial charge in [-0.05, 0) is 70.9 Å². The largest absolute Gasteiger partial charge is 0.322 e. The number of rotatable bonds is 6. The Bertz CT molecular complexity index is 1380. The molecule has 1 N–H and O–H groups in total. The van der Waals surface area contributed by atoms with Crippen LogP contribution in [0.4, 0.5) is 0 Å². The highest BCUT2D eigenvalue weighted by molar-refractivity contribution is 5.80. The first-order chi connectivity index (χ1) is 17.2. The highest BCUT2D eigenvalue weighted by Crippen LogP contribution is 2.32. The number of pyridine rings is 1. The predicted octanol–water partition coefficient (Wildman–Crippen LogP) is 2.99. The van der Waals surface area contributed by atoms with Crippen molar-refractivity contribution in [2.45, 2.75) is 44.8 Å². The Balaban J connectivity index is 1.46. The van der Waals surface area contributed by atoms with Gasteiger partial charge in [-0.15, -0.1) is 5.10 Å². The smallest absolute Gasteiger partial charge is 0.253 e. The van der Waals surface area contributed by atoms with Crippen LogP contribution in [0.2, 0.25) is 0 Å². The Morgan fingerprint density at radius 2 is 1.94 bits per heavy atom. The molecule has 2 aliphatic rings. The SMILES string of the molecule is CCc1ccc2[nH]c(=O)c([C@@H](c3nnnn3Cc3ccccc3)N3CCN4CCC[C@@H]4C3)cc2c1. The van der Waals surface area contributed by atoms with Crippen molar-refractivity contribution in [3.63, 3.8) is 0 Å². The maximum Gasteiger partial charge on any atom is 0.253 e. The van der Waals surface area contributed by atoms with Crippen molar-refractivity contribution in [3.8, 4) is 0 Å². The van der Waals surface area contributed by atoms with E-state index in [-0.39, 0.29) is 11.6 Å². The normalized spacial score (nSPS) is 19.7. The summed E-state index contributed by atoms with van der Waals surface area (Å²) in [6.45, 7) is 6.68. The fraction of sp³-hybridized carbons (Fsp3) is 0.407. The number of fused-ring (bicyclic) bond motifs is 2. The number of tetrazole rings is 1. The molecule has 8 heteroatoms. The molecule has 2 fully saturated rings. The minimum Gasteiger partial charge on any atom is -0.322 e. The summed E-state index contributed by atoms with van der Waals surface area (Å²) < 4.78 is 1.85. The Morgan fingerprint density at radius 1 is 1.06 bits per heavy atom. The van der Waals surface area contributed by atoms with Crippen LogP contribution in [0.25, 0.3) is 10.9 Å². The maximum atomic E-state index is 13.5. The van der Waals surface area contributed by atoms with Crippen molar-refractivity contribution in [2.24, 2.45) is 0 Å². The van der Waals surface area contributed by atoms with Crippen molar-refractivity contribution >= 4 is 10.9 Å². The number of H-pyrrole nitrogens is 1. The van der Waals surface area contributed by atoms with Crippen LogP contribution in [0.5, 0.6) is 0 Å². The summed E-state index contributed by atoms with van der Waals surface area (Å²) in [5, 5.41) is 13.9. The number of hydrogen-bond donors (Lipinski definition) is 1. The van der Waals surface area contributed by atoms with E-state index in [2.05, 4.69) is 67.6 Å². The van der Waals surface area contributed by atoms with E-state index in [1.54, 1.807) is 0 Å². The van der Waals surface area contributed by atoms with Gasteiger partial charge in [0.05, 0.1) is 6.54 Å². The fourth-order valence-corrected chi connectivity index (χ4v) is 5.72. The van der Waals surface area contributed by atoms with Crippen LogP contribution in [-0.4, -0.2) is 67.2 Å². The summed E-state index contributed by atoms with van der Waals surface area (Å²) in [7, 11) is 0. The average Bonchev–Trinajstić information content (AvgIpc) is 3.54. The van der Waals surface area contributed by atoms with Gasteiger partial charge in [0.25, 0.3) is 5.56 Å². The van der Waals surface area contributed by atoms with Crippen molar-refractivity contribution in [3.05, 3.63) is 87.5 Å². The van der Waals surface area contributed by atoms with E-state index in [9.17, 15) is 4.79 Å². The van der Waals surface area contributed by atoms with Crippen molar-refractivity contribution in [1.82, 2.24) is 35.0 Å². The van der Waals surface area contributed by atoms with E-state index in [0.29, 0.717) is 18.2 Å². The molecule has 4 heterocycles. The van der Waals surface area contributed by atoms with E-state index in [4.69, 9.17) is 0 Å². The van der Waals surface area contributed by atoms with E-state index >= 15 is 0 Å². The second-order valence-corrected chi connectivity index (χ2v) is 9.74. The third-order valence-corrected chi connectivity index (χ3v) is 7.60. The number of hydrogen-bond acceptors (Lipinski definition) is 6. The zero-order valence-corrected chi connectivity index (χ0v) is 20.1. The van der Waals surface area contributed by atoms with Gasteiger partial charge in [-0.25, -0.2) is 4.68 Å². The Kier molecular flexibility index (Phi) is 5.91. The molecule has 6 rings (SSSR count).